The van der Waals surface area contributed by atoms with Crippen LogP contribution in [0.3, 0.4) is 0 Å². The second kappa shape index (κ2) is 5.55. The molecular formula is C9H17N3O3. The number of nitrogens with one attached hydrogen (secondary N) is 1. The molecule has 1 atom stereocenters. The number of hydrogen-bond donors (Lipinski definition) is 2. The van der Waals surface area contributed by atoms with Crippen LogP contribution in [0, 0.1) is 0 Å². The fourth-order valence-corrected chi connectivity index (χ4v) is 1.42. The molecule has 0 aromatic heterocycles. The van der Waals surface area contributed by atoms with Crippen LogP contribution in [0.15, 0.2) is 0 Å². The lowest BCUT2D eigenvalue weighted by atomic mass is 10.2. The number of hydrogen-bond acceptors (Lipinski definition) is 3. The van der Waals surface area contributed by atoms with E-state index in [1.165, 1.54) is 0 Å². The van der Waals surface area contributed by atoms with Crippen molar-refractivity contribution in [2.45, 2.75) is 19.4 Å². The lowest BCUT2D eigenvalue weighted by molar-refractivity contribution is -0.118. The van der Waals surface area contributed by atoms with Gasteiger partial charge in [0, 0.05) is 25.6 Å². The zero-order valence-corrected chi connectivity index (χ0v) is 8.86. The average Bonchev–Trinajstić information content (AvgIpc) is 2.17. The Kier molecular flexibility index (Phi) is 4.36. The van der Waals surface area contributed by atoms with Crippen molar-refractivity contribution in [1.82, 2.24) is 10.2 Å². The summed E-state index contributed by atoms with van der Waals surface area (Å²) < 4.78 is 5.12. The number of rotatable bonds is 3. The molecule has 1 rings (SSSR count). The van der Waals surface area contributed by atoms with E-state index in [9.17, 15) is 9.59 Å². The molecule has 0 bridgehead atoms. The average molecular weight is 215 g/mol. The number of primary amides is 1. The van der Waals surface area contributed by atoms with Crippen molar-refractivity contribution in [3.05, 3.63) is 0 Å². The van der Waals surface area contributed by atoms with Crippen LogP contribution in [0.2, 0.25) is 0 Å². The van der Waals surface area contributed by atoms with Crippen LogP contribution >= 0.6 is 0 Å². The van der Waals surface area contributed by atoms with E-state index in [1.807, 2.05) is 0 Å². The van der Waals surface area contributed by atoms with Gasteiger partial charge >= 0.3 is 6.03 Å². The Balaban J connectivity index is 2.30. The van der Waals surface area contributed by atoms with E-state index in [0.717, 1.165) is 0 Å². The molecule has 1 unspecified atom stereocenters. The van der Waals surface area contributed by atoms with E-state index in [-0.39, 0.29) is 18.5 Å². The lowest BCUT2D eigenvalue weighted by Crippen LogP contribution is -2.49. The first-order valence-corrected chi connectivity index (χ1v) is 5.01. The third-order valence-electron chi connectivity index (χ3n) is 2.18. The van der Waals surface area contributed by atoms with Crippen LogP contribution in [0.4, 0.5) is 4.79 Å². The molecule has 15 heavy (non-hydrogen) atoms. The Hall–Kier alpha value is -1.30. The summed E-state index contributed by atoms with van der Waals surface area (Å²) in [7, 11) is 0. The maximum atomic E-state index is 11.6. The SMILES string of the molecule is CC(CC(N)=O)NC(=O)N1CCOCC1. The minimum Gasteiger partial charge on any atom is -0.378 e. The van der Waals surface area contributed by atoms with Crippen LogP contribution in [0.25, 0.3) is 0 Å². The van der Waals surface area contributed by atoms with Gasteiger partial charge in [0.25, 0.3) is 0 Å². The third-order valence-corrected chi connectivity index (χ3v) is 2.18. The number of nitrogens with two attached hydrogens (primary N) is 1. The molecule has 1 saturated heterocycles. The number of ether oxygens (including phenoxy) is 1. The highest BCUT2D eigenvalue weighted by atomic mass is 16.5. The number of urea groups is 1. The maximum absolute atomic E-state index is 11.6. The van der Waals surface area contributed by atoms with Gasteiger partial charge in [-0.3, -0.25) is 4.79 Å². The largest absolute Gasteiger partial charge is 0.378 e. The van der Waals surface area contributed by atoms with Gasteiger partial charge in [0.15, 0.2) is 0 Å². The first-order chi connectivity index (χ1) is 7.09. The first kappa shape index (κ1) is 11.8. The second-order valence-corrected chi connectivity index (χ2v) is 3.62. The molecule has 1 heterocycles. The predicted octanol–water partition coefficient (Wildman–Crippen LogP) is -0.708. The number of carbonyl (C=O) groups is 2. The number of amides is 3. The molecule has 0 aromatic rings. The van der Waals surface area contributed by atoms with Gasteiger partial charge in [-0.2, -0.15) is 0 Å². The molecule has 0 saturated carbocycles. The van der Waals surface area contributed by atoms with Crippen LogP contribution in [-0.4, -0.2) is 49.2 Å². The second-order valence-electron chi connectivity index (χ2n) is 3.62. The molecular weight excluding hydrogens is 198 g/mol. The van der Waals surface area contributed by atoms with Crippen molar-refractivity contribution in [2.75, 3.05) is 26.3 Å². The van der Waals surface area contributed by atoms with Gasteiger partial charge in [-0.1, -0.05) is 0 Å². The Morgan fingerprint density at radius 3 is 2.60 bits per heavy atom. The van der Waals surface area contributed by atoms with Crippen molar-refractivity contribution >= 4 is 11.9 Å². The summed E-state index contributed by atoms with van der Waals surface area (Å²) in [4.78, 5) is 23.9. The summed E-state index contributed by atoms with van der Waals surface area (Å²) in [5, 5.41) is 2.71. The standard InChI is InChI=1S/C9H17N3O3/c1-7(6-8(10)13)11-9(14)12-2-4-15-5-3-12/h7H,2-6H2,1H3,(H2,10,13)(H,11,14). The summed E-state index contributed by atoms with van der Waals surface area (Å²) in [5.41, 5.74) is 5.02. The summed E-state index contributed by atoms with van der Waals surface area (Å²) in [5.74, 6) is -0.412. The van der Waals surface area contributed by atoms with Gasteiger partial charge in [0.1, 0.15) is 0 Å². The summed E-state index contributed by atoms with van der Waals surface area (Å²) in [6.07, 6.45) is 0.163. The van der Waals surface area contributed by atoms with Gasteiger partial charge in [0.05, 0.1) is 13.2 Å². The third kappa shape index (κ3) is 4.16. The van der Waals surface area contributed by atoms with Crippen molar-refractivity contribution in [3.8, 4) is 0 Å². The van der Waals surface area contributed by atoms with Gasteiger partial charge < -0.3 is 20.7 Å². The van der Waals surface area contributed by atoms with Gasteiger partial charge in [-0.25, -0.2) is 4.79 Å². The molecule has 0 spiro atoms. The minimum absolute atomic E-state index is 0.160. The molecule has 86 valence electrons. The fraction of sp³-hybridized carbons (Fsp3) is 0.778. The zero-order valence-electron chi connectivity index (χ0n) is 8.86. The molecule has 6 heteroatoms. The highest BCUT2D eigenvalue weighted by Gasteiger charge is 2.18. The van der Waals surface area contributed by atoms with Gasteiger partial charge in [0.2, 0.25) is 5.91 Å². The Labute approximate surface area is 88.7 Å². The van der Waals surface area contributed by atoms with E-state index in [1.54, 1.807) is 11.8 Å². The molecule has 3 N–H and O–H groups in total. The summed E-state index contributed by atoms with van der Waals surface area (Å²) in [6.45, 7) is 4.07. The monoisotopic (exact) mass is 215 g/mol. The topological polar surface area (TPSA) is 84.7 Å². The molecule has 3 amide bonds. The van der Waals surface area contributed by atoms with Crippen molar-refractivity contribution < 1.29 is 14.3 Å². The molecule has 1 aliphatic heterocycles. The van der Waals surface area contributed by atoms with Crippen LogP contribution in [0.1, 0.15) is 13.3 Å². The van der Waals surface area contributed by atoms with Crippen LogP contribution in [-0.2, 0) is 9.53 Å². The number of carbonyl (C=O) groups excluding carboxylic acids is 2. The van der Waals surface area contributed by atoms with Crippen molar-refractivity contribution in [2.24, 2.45) is 5.73 Å². The highest BCUT2D eigenvalue weighted by molar-refractivity contribution is 5.77. The molecule has 1 aliphatic rings. The van der Waals surface area contributed by atoms with E-state index >= 15 is 0 Å². The fourth-order valence-electron chi connectivity index (χ4n) is 1.42. The molecule has 0 aliphatic carbocycles. The molecule has 0 radical (unpaired) electrons. The van der Waals surface area contributed by atoms with E-state index < -0.39 is 5.91 Å². The van der Waals surface area contributed by atoms with E-state index in [4.69, 9.17) is 10.5 Å². The minimum atomic E-state index is -0.412. The summed E-state index contributed by atoms with van der Waals surface area (Å²) >= 11 is 0. The summed E-state index contributed by atoms with van der Waals surface area (Å²) in [6, 6.07) is -0.384. The Morgan fingerprint density at radius 2 is 2.07 bits per heavy atom. The number of morpholine rings is 1. The van der Waals surface area contributed by atoms with Crippen LogP contribution in [0.5, 0.6) is 0 Å². The van der Waals surface area contributed by atoms with E-state index in [0.29, 0.717) is 26.3 Å². The normalized spacial score (nSPS) is 18.3. The Bertz CT molecular complexity index is 239. The maximum Gasteiger partial charge on any atom is 0.317 e. The van der Waals surface area contributed by atoms with E-state index in [2.05, 4.69) is 5.32 Å². The Morgan fingerprint density at radius 1 is 1.47 bits per heavy atom. The first-order valence-electron chi connectivity index (χ1n) is 5.01. The van der Waals surface area contributed by atoms with Gasteiger partial charge in [-0.15, -0.1) is 0 Å². The predicted molar refractivity (Wildman–Crippen MR) is 54.2 cm³/mol. The smallest absolute Gasteiger partial charge is 0.317 e. The number of nitrogens with zero attached hydrogens (tertiary/aromatic N) is 1. The van der Waals surface area contributed by atoms with Crippen molar-refractivity contribution in [1.29, 1.82) is 0 Å². The molecule has 1 fully saturated rings. The lowest BCUT2D eigenvalue weighted by Gasteiger charge is -2.28. The van der Waals surface area contributed by atoms with Gasteiger partial charge in [-0.05, 0) is 6.92 Å². The van der Waals surface area contributed by atoms with Crippen molar-refractivity contribution in [3.63, 3.8) is 0 Å². The zero-order chi connectivity index (χ0) is 11.3. The highest BCUT2D eigenvalue weighted by Crippen LogP contribution is 1.98. The quantitative estimate of drug-likeness (QED) is 0.652. The molecule has 6 nitrogen and oxygen atoms in total. The van der Waals surface area contributed by atoms with Crippen LogP contribution < -0.4 is 11.1 Å². The molecule has 0 aromatic carbocycles.